The van der Waals surface area contributed by atoms with E-state index in [2.05, 4.69) is 19.2 Å². The van der Waals surface area contributed by atoms with Gasteiger partial charge in [-0.15, -0.1) is 0 Å². The van der Waals surface area contributed by atoms with E-state index in [4.69, 9.17) is 9.84 Å². The van der Waals surface area contributed by atoms with Gasteiger partial charge in [-0.25, -0.2) is 0 Å². The Hall–Kier alpha value is -1.10. The predicted octanol–water partition coefficient (Wildman–Crippen LogP) is 0.886. The molecule has 1 saturated carbocycles. The minimum Gasteiger partial charge on any atom is -0.481 e. The molecule has 1 rings (SSSR count). The zero-order valence-electron chi connectivity index (χ0n) is 10.4. The standard InChI is InChI=1S/C12H21NO4/c1-8(2)3-5-17-6-4-13-11(14)9-7-10(9)12(15)16/h8-10H,3-7H2,1-2H3,(H,13,14)(H,15,16)/t9-,10+/m1/s1. The molecule has 0 radical (unpaired) electrons. The lowest BCUT2D eigenvalue weighted by molar-refractivity contribution is -0.140. The van der Waals surface area contributed by atoms with E-state index < -0.39 is 11.9 Å². The van der Waals surface area contributed by atoms with Crippen molar-refractivity contribution in [1.82, 2.24) is 5.32 Å². The third-order valence-electron chi connectivity index (χ3n) is 2.83. The molecule has 0 spiro atoms. The minimum absolute atomic E-state index is 0.162. The van der Waals surface area contributed by atoms with Crippen LogP contribution in [0.3, 0.4) is 0 Å². The van der Waals surface area contributed by atoms with Crippen LogP contribution in [0.4, 0.5) is 0 Å². The van der Waals surface area contributed by atoms with Gasteiger partial charge in [-0.2, -0.15) is 0 Å². The molecule has 2 atom stereocenters. The lowest BCUT2D eigenvalue weighted by atomic mass is 10.1. The first kappa shape index (κ1) is 14.0. The highest BCUT2D eigenvalue weighted by Crippen LogP contribution is 2.38. The van der Waals surface area contributed by atoms with Crippen molar-refractivity contribution in [2.75, 3.05) is 19.8 Å². The summed E-state index contributed by atoms with van der Waals surface area (Å²) in [5, 5.41) is 11.4. The van der Waals surface area contributed by atoms with Crippen LogP contribution in [-0.2, 0) is 14.3 Å². The van der Waals surface area contributed by atoms with Crippen LogP contribution in [0.15, 0.2) is 0 Å². The molecule has 5 heteroatoms. The maximum atomic E-state index is 11.4. The Balaban J connectivity index is 1.97. The fourth-order valence-electron chi connectivity index (χ4n) is 1.56. The van der Waals surface area contributed by atoms with Gasteiger partial charge in [0.05, 0.1) is 18.4 Å². The Kier molecular flexibility index (Phi) is 5.41. The van der Waals surface area contributed by atoms with Gasteiger partial charge in [0.15, 0.2) is 0 Å². The van der Waals surface area contributed by atoms with Crippen LogP contribution < -0.4 is 5.32 Å². The second-order valence-corrected chi connectivity index (χ2v) is 4.87. The summed E-state index contributed by atoms with van der Waals surface area (Å²) in [4.78, 5) is 22.0. The number of hydrogen-bond donors (Lipinski definition) is 2. The molecule has 1 aliphatic carbocycles. The fraction of sp³-hybridized carbons (Fsp3) is 0.833. The lowest BCUT2D eigenvalue weighted by Crippen LogP contribution is -2.29. The Bertz CT molecular complexity index is 278. The predicted molar refractivity (Wildman–Crippen MR) is 62.5 cm³/mol. The normalized spacial score (nSPS) is 22.5. The number of carbonyl (C=O) groups excluding carboxylic acids is 1. The van der Waals surface area contributed by atoms with E-state index in [0.717, 1.165) is 6.42 Å². The molecule has 1 amide bonds. The van der Waals surface area contributed by atoms with Gasteiger partial charge in [0.25, 0.3) is 0 Å². The summed E-state index contributed by atoms with van der Waals surface area (Å²) in [5.41, 5.74) is 0. The van der Waals surface area contributed by atoms with Crippen LogP contribution in [0, 0.1) is 17.8 Å². The van der Waals surface area contributed by atoms with Gasteiger partial charge in [-0.05, 0) is 18.8 Å². The Morgan fingerprint density at radius 2 is 2.06 bits per heavy atom. The highest BCUT2D eigenvalue weighted by molar-refractivity contribution is 5.89. The number of hydrogen-bond acceptors (Lipinski definition) is 3. The van der Waals surface area contributed by atoms with Crippen LogP contribution in [0.1, 0.15) is 26.7 Å². The summed E-state index contributed by atoms with van der Waals surface area (Å²) in [5.74, 6) is -1.23. The molecular weight excluding hydrogens is 222 g/mol. The second kappa shape index (κ2) is 6.59. The van der Waals surface area contributed by atoms with Crippen molar-refractivity contribution >= 4 is 11.9 Å². The van der Waals surface area contributed by atoms with Crippen LogP contribution in [0.5, 0.6) is 0 Å². The monoisotopic (exact) mass is 243 g/mol. The first-order valence-corrected chi connectivity index (χ1v) is 6.10. The van der Waals surface area contributed by atoms with Crippen LogP contribution in [-0.4, -0.2) is 36.7 Å². The van der Waals surface area contributed by atoms with E-state index >= 15 is 0 Å². The smallest absolute Gasteiger partial charge is 0.307 e. The van der Waals surface area contributed by atoms with E-state index in [1.54, 1.807) is 0 Å². The molecule has 17 heavy (non-hydrogen) atoms. The van der Waals surface area contributed by atoms with Crippen molar-refractivity contribution in [3.8, 4) is 0 Å². The summed E-state index contributed by atoms with van der Waals surface area (Å²) in [6.45, 7) is 5.91. The number of rotatable bonds is 8. The maximum absolute atomic E-state index is 11.4. The summed E-state index contributed by atoms with van der Waals surface area (Å²) >= 11 is 0. The topological polar surface area (TPSA) is 75.6 Å². The van der Waals surface area contributed by atoms with E-state index in [1.165, 1.54) is 0 Å². The molecule has 0 unspecified atom stereocenters. The number of nitrogens with one attached hydrogen (secondary N) is 1. The lowest BCUT2D eigenvalue weighted by Gasteiger charge is -2.07. The van der Waals surface area contributed by atoms with Crippen molar-refractivity contribution in [2.45, 2.75) is 26.7 Å². The van der Waals surface area contributed by atoms with Crippen LogP contribution in [0.2, 0.25) is 0 Å². The van der Waals surface area contributed by atoms with Gasteiger partial charge in [-0.3, -0.25) is 9.59 Å². The number of carboxylic acid groups (broad SMARTS) is 1. The van der Waals surface area contributed by atoms with Gasteiger partial charge in [0.2, 0.25) is 5.91 Å². The quantitative estimate of drug-likeness (QED) is 0.621. The summed E-state index contributed by atoms with van der Waals surface area (Å²) in [7, 11) is 0. The molecule has 98 valence electrons. The second-order valence-electron chi connectivity index (χ2n) is 4.87. The van der Waals surface area contributed by atoms with Crippen LogP contribution >= 0.6 is 0 Å². The van der Waals surface area contributed by atoms with Gasteiger partial charge in [-0.1, -0.05) is 13.8 Å². The first-order chi connectivity index (χ1) is 8.02. The molecule has 0 saturated heterocycles. The average Bonchev–Trinajstić information content (AvgIpc) is 3.02. The Morgan fingerprint density at radius 3 is 2.59 bits per heavy atom. The molecule has 0 bridgehead atoms. The van der Waals surface area contributed by atoms with Crippen molar-refractivity contribution in [1.29, 1.82) is 0 Å². The SMILES string of the molecule is CC(C)CCOCCNC(=O)[C@@H]1C[C@@H]1C(=O)O. The zero-order chi connectivity index (χ0) is 12.8. The summed E-state index contributed by atoms with van der Waals surface area (Å²) in [6, 6.07) is 0. The van der Waals surface area contributed by atoms with Gasteiger partial charge in [0.1, 0.15) is 0 Å². The van der Waals surface area contributed by atoms with Crippen molar-refractivity contribution in [2.24, 2.45) is 17.8 Å². The average molecular weight is 243 g/mol. The molecule has 0 aromatic rings. The van der Waals surface area contributed by atoms with Gasteiger partial charge < -0.3 is 15.2 Å². The molecule has 0 aromatic carbocycles. The van der Waals surface area contributed by atoms with Gasteiger partial charge in [0, 0.05) is 13.2 Å². The van der Waals surface area contributed by atoms with E-state index in [-0.39, 0.29) is 11.8 Å². The molecule has 0 aliphatic heterocycles. The maximum Gasteiger partial charge on any atom is 0.307 e. The highest BCUT2D eigenvalue weighted by atomic mass is 16.5. The number of carbonyl (C=O) groups is 2. The molecule has 0 aromatic heterocycles. The molecule has 0 heterocycles. The molecule has 1 aliphatic rings. The molecule has 1 fully saturated rings. The Morgan fingerprint density at radius 1 is 1.35 bits per heavy atom. The zero-order valence-corrected chi connectivity index (χ0v) is 10.4. The number of aliphatic carboxylic acids is 1. The third-order valence-corrected chi connectivity index (χ3v) is 2.83. The molecule has 2 N–H and O–H groups in total. The number of amides is 1. The molecular formula is C12H21NO4. The minimum atomic E-state index is -0.877. The first-order valence-electron chi connectivity index (χ1n) is 6.10. The number of carboxylic acids is 1. The van der Waals surface area contributed by atoms with E-state index in [9.17, 15) is 9.59 Å². The van der Waals surface area contributed by atoms with Gasteiger partial charge >= 0.3 is 5.97 Å². The Labute approximate surface area is 102 Å². The summed E-state index contributed by atoms with van der Waals surface area (Å²) < 4.78 is 5.34. The van der Waals surface area contributed by atoms with Crippen LogP contribution in [0.25, 0.3) is 0 Å². The van der Waals surface area contributed by atoms with Crippen molar-refractivity contribution in [3.05, 3.63) is 0 Å². The summed E-state index contributed by atoms with van der Waals surface area (Å²) in [6.07, 6.45) is 1.48. The van der Waals surface area contributed by atoms with E-state index in [1.807, 2.05) is 0 Å². The fourth-order valence-corrected chi connectivity index (χ4v) is 1.56. The number of ether oxygens (including phenoxy) is 1. The molecule has 5 nitrogen and oxygen atoms in total. The highest BCUT2D eigenvalue weighted by Gasteiger charge is 2.48. The van der Waals surface area contributed by atoms with E-state index in [0.29, 0.717) is 32.1 Å². The third kappa shape index (κ3) is 5.17. The van der Waals surface area contributed by atoms with Crippen molar-refractivity contribution in [3.63, 3.8) is 0 Å². The van der Waals surface area contributed by atoms with Crippen molar-refractivity contribution < 1.29 is 19.4 Å². The largest absolute Gasteiger partial charge is 0.481 e.